The molecule has 2 heterocycles. The normalized spacial score (nSPS) is 21.9. The van der Waals surface area contributed by atoms with Gasteiger partial charge in [-0.3, -0.25) is 14.9 Å². The van der Waals surface area contributed by atoms with E-state index in [1.54, 1.807) is 12.1 Å². The van der Waals surface area contributed by atoms with E-state index in [9.17, 15) is 9.59 Å². The molecule has 18 heavy (non-hydrogen) atoms. The molecule has 0 bridgehead atoms. The topological polar surface area (TPSA) is 67.4 Å². The van der Waals surface area contributed by atoms with Crippen LogP contribution in [0, 0.1) is 5.92 Å². The first kappa shape index (κ1) is 11.2. The van der Waals surface area contributed by atoms with Crippen LogP contribution in [0.4, 0.5) is 5.69 Å². The van der Waals surface area contributed by atoms with E-state index in [0.717, 1.165) is 31.9 Å². The van der Waals surface area contributed by atoms with E-state index in [0.29, 0.717) is 17.0 Å². The fourth-order valence-electron chi connectivity index (χ4n) is 2.28. The fraction of sp³-hybridized carbons (Fsp3) is 0.385. The maximum atomic E-state index is 11.5. The van der Waals surface area contributed by atoms with Crippen molar-refractivity contribution in [2.45, 2.75) is 6.42 Å². The summed E-state index contributed by atoms with van der Waals surface area (Å²) >= 11 is 0. The number of imide groups is 1. The number of amides is 2. The fourth-order valence-corrected chi connectivity index (χ4v) is 2.28. The predicted octanol–water partition coefficient (Wildman–Crippen LogP) is 1.02. The summed E-state index contributed by atoms with van der Waals surface area (Å²) in [7, 11) is 0. The number of rotatable bonds is 3. The van der Waals surface area contributed by atoms with Gasteiger partial charge in [0.15, 0.2) is 0 Å². The number of carbonyl (C=O) groups excluding carboxylic acids is 2. The minimum atomic E-state index is -0.317. The van der Waals surface area contributed by atoms with Gasteiger partial charge >= 0.3 is 0 Å². The average molecular weight is 246 g/mol. The van der Waals surface area contributed by atoms with Crippen molar-refractivity contribution in [3.63, 3.8) is 0 Å². The summed E-state index contributed by atoms with van der Waals surface area (Å²) in [6.45, 7) is 2.44. The molecule has 1 saturated heterocycles. The van der Waals surface area contributed by atoms with Gasteiger partial charge in [0.05, 0.1) is 17.7 Å². The molecule has 1 aromatic carbocycles. The Hall–Kier alpha value is -1.88. The van der Waals surface area contributed by atoms with Crippen LogP contribution in [0.2, 0.25) is 0 Å². The number of hydrogen-bond donors (Lipinski definition) is 2. The molecule has 1 aromatic rings. The van der Waals surface area contributed by atoms with Crippen molar-refractivity contribution in [1.82, 2.24) is 5.32 Å². The first-order valence-electron chi connectivity index (χ1n) is 6.05. The molecule has 0 aliphatic carbocycles. The standard InChI is InChI=1S/C13H14N2O3/c16-12-10-2-1-9(5-11(10)13(17)15-12)14-6-8-3-4-18-7-8/h1-2,5,8,14H,3-4,6-7H2,(H,15,16,17). The van der Waals surface area contributed by atoms with Crippen LogP contribution < -0.4 is 10.6 Å². The van der Waals surface area contributed by atoms with Gasteiger partial charge in [0.25, 0.3) is 11.8 Å². The second-order valence-corrected chi connectivity index (χ2v) is 4.65. The van der Waals surface area contributed by atoms with Crippen molar-refractivity contribution < 1.29 is 14.3 Å². The lowest BCUT2D eigenvalue weighted by Crippen LogP contribution is -2.19. The Balaban J connectivity index is 1.72. The number of benzene rings is 1. The summed E-state index contributed by atoms with van der Waals surface area (Å²) in [5, 5.41) is 5.56. The summed E-state index contributed by atoms with van der Waals surface area (Å²) in [5.41, 5.74) is 1.77. The van der Waals surface area contributed by atoms with Crippen molar-refractivity contribution in [3.05, 3.63) is 29.3 Å². The van der Waals surface area contributed by atoms with Gasteiger partial charge < -0.3 is 10.1 Å². The Labute approximate surface area is 105 Å². The van der Waals surface area contributed by atoms with Gasteiger partial charge in [-0.25, -0.2) is 0 Å². The first-order chi connectivity index (χ1) is 8.74. The third-order valence-corrected chi connectivity index (χ3v) is 3.35. The Kier molecular flexibility index (Phi) is 2.76. The number of carbonyl (C=O) groups is 2. The lowest BCUT2D eigenvalue weighted by molar-refractivity contribution is 0.0879. The third-order valence-electron chi connectivity index (χ3n) is 3.35. The van der Waals surface area contributed by atoms with E-state index in [-0.39, 0.29) is 11.8 Å². The van der Waals surface area contributed by atoms with Gasteiger partial charge in [0.1, 0.15) is 0 Å². The van der Waals surface area contributed by atoms with Crippen molar-refractivity contribution in [1.29, 1.82) is 0 Å². The van der Waals surface area contributed by atoms with Crippen molar-refractivity contribution >= 4 is 17.5 Å². The van der Waals surface area contributed by atoms with Crippen LogP contribution in [0.25, 0.3) is 0 Å². The van der Waals surface area contributed by atoms with Crippen LogP contribution in [0.5, 0.6) is 0 Å². The lowest BCUT2D eigenvalue weighted by Gasteiger charge is -2.11. The molecule has 2 aliphatic rings. The molecule has 0 aromatic heterocycles. The maximum absolute atomic E-state index is 11.5. The first-order valence-corrected chi connectivity index (χ1v) is 6.05. The Morgan fingerprint density at radius 2 is 2.11 bits per heavy atom. The zero-order valence-corrected chi connectivity index (χ0v) is 9.86. The minimum Gasteiger partial charge on any atom is -0.385 e. The molecule has 2 amide bonds. The van der Waals surface area contributed by atoms with Crippen molar-refractivity contribution in [2.75, 3.05) is 25.1 Å². The SMILES string of the molecule is O=C1NC(=O)c2cc(NCC3CCOC3)ccc21. The van der Waals surface area contributed by atoms with Crippen LogP contribution in [0.3, 0.4) is 0 Å². The highest BCUT2D eigenvalue weighted by molar-refractivity contribution is 6.21. The molecule has 2 aliphatic heterocycles. The molecule has 3 rings (SSSR count). The molecule has 1 fully saturated rings. The van der Waals surface area contributed by atoms with E-state index < -0.39 is 0 Å². The second-order valence-electron chi connectivity index (χ2n) is 4.65. The van der Waals surface area contributed by atoms with Crippen LogP contribution in [0.15, 0.2) is 18.2 Å². The average Bonchev–Trinajstić information content (AvgIpc) is 2.97. The van der Waals surface area contributed by atoms with Crippen LogP contribution >= 0.6 is 0 Å². The van der Waals surface area contributed by atoms with E-state index in [2.05, 4.69) is 10.6 Å². The van der Waals surface area contributed by atoms with Gasteiger partial charge in [-0.2, -0.15) is 0 Å². The quantitative estimate of drug-likeness (QED) is 0.781. The molecule has 94 valence electrons. The molecular weight excluding hydrogens is 232 g/mol. The van der Waals surface area contributed by atoms with E-state index in [1.165, 1.54) is 0 Å². The summed E-state index contributed by atoms with van der Waals surface area (Å²) in [6.07, 6.45) is 1.07. The maximum Gasteiger partial charge on any atom is 0.259 e. The van der Waals surface area contributed by atoms with E-state index >= 15 is 0 Å². The summed E-state index contributed by atoms with van der Waals surface area (Å²) in [5.74, 6) is -0.109. The smallest absolute Gasteiger partial charge is 0.259 e. The van der Waals surface area contributed by atoms with Crippen molar-refractivity contribution in [2.24, 2.45) is 5.92 Å². The molecule has 1 unspecified atom stereocenters. The predicted molar refractivity (Wildman–Crippen MR) is 65.7 cm³/mol. The third kappa shape index (κ3) is 1.97. The summed E-state index contributed by atoms with van der Waals surface area (Å²) in [6, 6.07) is 5.24. The Morgan fingerprint density at radius 1 is 1.28 bits per heavy atom. The molecule has 0 radical (unpaired) electrons. The summed E-state index contributed by atoms with van der Waals surface area (Å²) in [4.78, 5) is 22.9. The lowest BCUT2D eigenvalue weighted by atomic mass is 10.1. The molecule has 5 nitrogen and oxygen atoms in total. The number of anilines is 1. The van der Waals surface area contributed by atoms with Crippen LogP contribution in [0.1, 0.15) is 27.1 Å². The van der Waals surface area contributed by atoms with Crippen LogP contribution in [-0.2, 0) is 4.74 Å². The molecule has 1 atom stereocenters. The van der Waals surface area contributed by atoms with E-state index in [4.69, 9.17) is 4.74 Å². The number of fused-ring (bicyclic) bond motifs is 1. The van der Waals surface area contributed by atoms with Gasteiger partial charge in [0, 0.05) is 24.8 Å². The monoisotopic (exact) mass is 246 g/mol. The van der Waals surface area contributed by atoms with E-state index in [1.807, 2.05) is 6.07 Å². The van der Waals surface area contributed by atoms with Gasteiger partial charge in [-0.1, -0.05) is 0 Å². The Morgan fingerprint density at radius 3 is 2.89 bits per heavy atom. The largest absolute Gasteiger partial charge is 0.385 e. The van der Waals surface area contributed by atoms with Gasteiger partial charge in [0.2, 0.25) is 0 Å². The highest BCUT2D eigenvalue weighted by Crippen LogP contribution is 2.21. The summed E-state index contributed by atoms with van der Waals surface area (Å²) < 4.78 is 5.30. The molecule has 0 spiro atoms. The number of hydrogen-bond acceptors (Lipinski definition) is 4. The molecule has 5 heteroatoms. The van der Waals surface area contributed by atoms with Crippen molar-refractivity contribution in [3.8, 4) is 0 Å². The number of ether oxygens (including phenoxy) is 1. The minimum absolute atomic E-state index is 0.314. The highest BCUT2D eigenvalue weighted by atomic mass is 16.5. The molecule has 2 N–H and O–H groups in total. The Bertz CT molecular complexity index is 507. The second kappa shape index (κ2) is 4.42. The zero-order valence-electron chi connectivity index (χ0n) is 9.86. The molecule has 0 saturated carbocycles. The number of nitrogens with one attached hydrogen (secondary N) is 2. The van der Waals surface area contributed by atoms with Gasteiger partial charge in [-0.15, -0.1) is 0 Å². The zero-order chi connectivity index (χ0) is 12.5. The highest BCUT2D eigenvalue weighted by Gasteiger charge is 2.26. The van der Waals surface area contributed by atoms with Gasteiger partial charge in [-0.05, 0) is 24.6 Å². The molecular formula is C13H14N2O3. The van der Waals surface area contributed by atoms with Crippen LogP contribution in [-0.4, -0.2) is 31.6 Å².